The fourth-order valence-corrected chi connectivity index (χ4v) is 4.07. The van der Waals surface area contributed by atoms with Crippen molar-refractivity contribution in [1.29, 1.82) is 0 Å². The van der Waals surface area contributed by atoms with Crippen LogP contribution in [0.2, 0.25) is 0 Å². The van der Waals surface area contributed by atoms with Crippen LogP contribution < -0.4 is 10.1 Å². The number of imidazole rings is 1. The number of benzene rings is 3. The zero-order valence-corrected chi connectivity index (χ0v) is 21.4. The summed E-state index contributed by atoms with van der Waals surface area (Å²) >= 11 is 0. The molecule has 0 bridgehead atoms. The van der Waals surface area contributed by atoms with Gasteiger partial charge in [0.05, 0.1) is 25.8 Å². The highest BCUT2D eigenvalue weighted by molar-refractivity contribution is 5.94. The molecule has 0 aliphatic carbocycles. The predicted octanol–water partition coefficient (Wildman–Crippen LogP) is 5.21. The molecule has 0 saturated heterocycles. The van der Waals surface area contributed by atoms with E-state index in [0.717, 1.165) is 28.3 Å². The second kappa shape index (κ2) is 12.0. The predicted molar refractivity (Wildman–Crippen MR) is 146 cm³/mol. The number of rotatable bonds is 10. The molecule has 1 aromatic heterocycles. The summed E-state index contributed by atoms with van der Waals surface area (Å²) in [7, 11) is 1.62. The van der Waals surface area contributed by atoms with E-state index in [9.17, 15) is 9.59 Å². The van der Waals surface area contributed by atoms with Gasteiger partial charge in [0, 0.05) is 24.0 Å². The highest BCUT2D eigenvalue weighted by Crippen LogP contribution is 2.25. The fraction of sp³-hybridized carbons (Fsp3) is 0.233. The molecule has 7 nitrogen and oxygen atoms in total. The number of hydrogen-bond acceptors (Lipinski definition) is 4. The van der Waals surface area contributed by atoms with Gasteiger partial charge in [0.15, 0.2) is 0 Å². The average Bonchev–Trinajstić information content (AvgIpc) is 3.32. The molecule has 7 heteroatoms. The number of methoxy groups -OCH3 is 1. The zero-order valence-electron chi connectivity index (χ0n) is 21.4. The number of nitrogens with zero attached hydrogens (tertiary/aromatic N) is 3. The number of carbonyl (C=O) groups excluding carboxylic acids is 2. The molecular formula is C30H32N4O3. The largest absolute Gasteiger partial charge is 0.497 e. The lowest BCUT2D eigenvalue weighted by molar-refractivity contribution is -0.134. The standard InChI is InChI=1S/C30H32N4O3/c1-22(2)19-33(29(36)18-23-10-6-4-7-11-23)21-28(35)32-30-31-27(24-12-8-5-9-13-24)20-34(30)25-14-16-26(37-3)17-15-25/h4-17,20,22H,18-19,21H2,1-3H3,(H,31,32,35). The lowest BCUT2D eigenvalue weighted by Gasteiger charge is -2.24. The summed E-state index contributed by atoms with van der Waals surface area (Å²) in [5.41, 5.74) is 3.41. The molecule has 0 spiro atoms. The van der Waals surface area contributed by atoms with Gasteiger partial charge in [-0.25, -0.2) is 4.98 Å². The van der Waals surface area contributed by atoms with Gasteiger partial charge in [-0.1, -0.05) is 74.5 Å². The lowest BCUT2D eigenvalue weighted by Crippen LogP contribution is -2.41. The van der Waals surface area contributed by atoms with Crippen LogP contribution in [0.4, 0.5) is 5.95 Å². The van der Waals surface area contributed by atoms with Gasteiger partial charge in [-0.15, -0.1) is 0 Å². The second-order valence-corrected chi connectivity index (χ2v) is 9.26. The quantitative estimate of drug-likeness (QED) is 0.327. The summed E-state index contributed by atoms with van der Waals surface area (Å²) in [6, 6.07) is 26.9. The van der Waals surface area contributed by atoms with E-state index < -0.39 is 0 Å². The van der Waals surface area contributed by atoms with Crippen molar-refractivity contribution < 1.29 is 14.3 Å². The van der Waals surface area contributed by atoms with E-state index in [4.69, 9.17) is 9.72 Å². The lowest BCUT2D eigenvalue weighted by atomic mass is 10.1. The summed E-state index contributed by atoms with van der Waals surface area (Å²) in [5, 5.41) is 2.94. The van der Waals surface area contributed by atoms with Gasteiger partial charge in [-0.3, -0.25) is 19.5 Å². The molecule has 4 rings (SSSR count). The summed E-state index contributed by atoms with van der Waals surface area (Å²) in [5.74, 6) is 0.951. The van der Waals surface area contributed by atoms with Crippen LogP contribution in [-0.4, -0.2) is 46.5 Å². The van der Waals surface area contributed by atoms with Gasteiger partial charge in [0.1, 0.15) is 5.75 Å². The van der Waals surface area contributed by atoms with Gasteiger partial charge >= 0.3 is 0 Å². The van der Waals surface area contributed by atoms with Gasteiger partial charge in [-0.2, -0.15) is 0 Å². The van der Waals surface area contributed by atoms with Crippen molar-refractivity contribution in [1.82, 2.24) is 14.5 Å². The molecule has 0 atom stereocenters. The third kappa shape index (κ3) is 6.85. The van der Waals surface area contributed by atoms with Crippen LogP contribution in [0, 0.1) is 5.92 Å². The summed E-state index contributed by atoms with van der Waals surface area (Å²) in [4.78, 5) is 32.6. The number of anilines is 1. The van der Waals surface area contributed by atoms with Crippen LogP contribution in [-0.2, 0) is 16.0 Å². The highest BCUT2D eigenvalue weighted by atomic mass is 16.5. The SMILES string of the molecule is COc1ccc(-n2cc(-c3ccccc3)nc2NC(=O)CN(CC(C)C)C(=O)Cc2ccccc2)cc1. The molecule has 4 aromatic rings. The fourth-order valence-electron chi connectivity index (χ4n) is 4.07. The number of aromatic nitrogens is 2. The maximum absolute atomic E-state index is 13.2. The van der Waals surface area contributed by atoms with Crippen molar-refractivity contribution in [2.75, 3.05) is 25.5 Å². The number of carbonyl (C=O) groups is 2. The minimum Gasteiger partial charge on any atom is -0.497 e. The van der Waals surface area contributed by atoms with E-state index in [0.29, 0.717) is 12.5 Å². The minimum atomic E-state index is -0.304. The smallest absolute Gasteiger partial charge is 0.246 e. The van der Waals surface area contributed by atoms with Crippen LogP contribution in [0.5, 0.6) is 5.75 Å². The van der Waals surface area contributed by atoms with Crippen LogP contribution in [0.15, 0.2) is 91.1 Å². The van der Waals surface area contributed by atoms with Crippen molar-refractivity contribution >= 4 is 17.8 Å². The minimum absolute atomic E-state index is 0.0556. The first-order valence-corrected chi connectivity index (χ1v) is 12.3. The molecule has 0 saturated carbocycles. The van der Waals surface area contributed by atoms with E-state index in [-0.39, 0.29) is 30.7 Å². The first kappa shape index (κ1) is 25.7. The average molecular weight is 497 g/mol. The van der Waals surface area contributed by atoms with Crippen LogP contribution in [0.3, 0.4) is 0 Å². The number of amides is 2. The maximum Gasteiger partial charge on any atom is 0.246 e. The summed E-state index contributed by atoms with van der Waals surface area (Å²) in [6.45, 7) is 4.49. The summed E-state index contributed by atoms with van der Waals surface area (Å²) in [6.07, 6.45) is 2.14. The molecule has 3 aromatic carbocycles. The third-order valence-corrected chi connectivity index (χ3v) is 5.85. The molecule has 0 fully saturated rings. The Labute approximate surface area is 217 Å². The molecule has 37 heavy (non-hydrogen) atoms. The molecule has 0 aliphatic rings. The van der Waals surface area contributed by atoms with E-state index >= 15 is 0 Å². The molecule has 0 unspecified atom stereocenters. The molecule has 0 radical (unpaired) electrons. The Kier molecular flexibility index (Phi) is 8.36. The highest BCUT2D eigenvalue weighted by Gasteiger charge is 2.21. The molecule has 1 heterocycles. The number of nitrogens with one attached hydrogen (secondary N) is 1. The normalized spacial score (nSPS) is 10.8. The van der Waals surface area contributed by atoms with Gasteiger partial charge < -0.3 is 9.64 Å². The van der Waals surface area contributed by atoms with Gasteiger partial charge in [-0.05, 0) is 35.7 Å². The zero-order chi connectivity index (χ0) is 26.2. The van der Waals surface area contributed by atoms with Crippen molar-refractivity contribution in [3.05, 3.63) is 96.7 Å². The van der Waals surface area contributed by atoms with Gasteiger partial charge in [0.2, 0.25) is 17.8 Å². The Hall–Kier alpha value is -4.39. The van der Waals surface area contributed by atoms with Crippen molar-refractivity contribution in [3.63, 3.8) is 0 Å². The van der Waals surface area contributed by atoms with E-state index in [1.807, 2.05) is 110 Å². The van der Waals surface area contributed by atoms with Gasteiger partial charge in [0.25, 0.3) is 0 Å². The molecule has 2 amide bonds. The van der Waals surface area contributed by atoms with Crippen molar-refractivity contribution in [2.45, 2.75) is 20.3 Å². The van der Waals surface area contributed by atoms with E-state index in [2.05, 4.69) is 5.32 Å². The van der Waals surface area contributed by atoms with E-state index in [1.165, 1.54) is 0 Å². The molecule has 190 valence electrons. The molecular weight excluding hydrogens is 464 g/mol. The Morgan fingerprint density at radius 3 is 2.22 bits per heavy atom. The number of ether oxygens (including phenoxy) is 1. The van der Waals surface area contributed by atoms with Crippen LogP contribution >= 0.6 is 0 Å². The first-order valence-electron chi connectivity index (χ1n) is 12.3. The number of hydrogen-bond donors (Lipinski definition) is 1. The first-order chi connectivity index (χ1) is 17.9. The summed E-state index contributed by atoms with van der Waals surface area (Å²) < 4.78 is 7.11. The topological polar surface area (TPSA) is 76.5 Å². The Morgan fingerprint density at radius 2 is 1.59 bits per heavy atom. The Morgan fingerprint density at radius 1 is 0.946 bits per heavy atom. The van der Waals surface area contributed by atoms with E-state index in [1.54, 1.807) is 12.0 Å². The Bertz CT molecular complexity index is 1320. The molecule has 1 N–H and O–H groups in total. The molecule has 0 aliphatic heterocycles. The van der Waals surface area contributed by atoms with Crippen molar-refractivity contribution in [3.8, 4) is 22.7 Å². The van der Waals surface area contributed by atoms with Crippen molar-refractivity contribution in [2.24, 2.45) is 5.92 Å². The second-order valence-electron chi connectivity index (χ2n) is 9.26. The third-order valence-electron chi connectivity index (χ3n) is 5.85. The Balaban J connectivity index is 1.57. The van der Waals surface area contributed by atoms with Crippen LogP contribution in [0.25, 0.3) is 16.9 Å². The monoisotopic (exact) mass is 496 g/mol. The van der Waals surface area contributed by atoms with Crippen LogP contribution in [0.1, 0.15) is 19.4 Å². The maximum atomic E-state index is 13.2.